The van der Waals surface area contributed by atoms with E-state index in [2.05, 4.69) is 15.0 Å². The van der Waals surface area contributed by atoms with E-state index in [0.717, 1.165) is 45.2 Å². The molecule has 1 aromatic rings. The van der Waals surface area contributed by atoms with Crippen molar-refractivity contribution < 1.29 is 22.5 Å². The fourth-order valence-electron chi connectivity index (χ4n) is 3.45. The fraction of sp³-hybridized carbons (Fsp3) is 0.800. The molecule has 3 rings (SSSR count). The number of aromatic nitrogens is 2. The highest BCUT2D eigenvalue weighted by atomic mass is 19.4. The van der Waals surface area contributed by atoms with E-state index in [4.69, 9.17) is 4.52 Å². The van der Waals surface area contributed by atoms with Crippen LogP contribution in [-0.2, 0) is 17.5 Å². The molecule has 2 aliphatic rings. The lowest BCUT2D eigenvalue weighted by molar-refractivity contribution is -0.146. The fourth-order valence-corrected chi connectivity index (χ4v) is 3.45. The molecule has 134 valence electrons. The SMILES string of the molecule is O=C1CCCN1CCC1CCCCN1Cc1nc(C(F)(F)F)no1. The first-order valence-electron chi connectivity index (χ1n) is 8.35. The molecule has 0 aliphatic carbocycles. The zero-order valence-corrected chi connectivity index (χ0v) is 13.4. The Bertz CT molecular complexity index is 575. The molecule has 0 N–H and O–H groups in total. The number of piperidine rings is 1. The third kappa shape index (κ3) is 4.06. The number of halogens is 3. The minimum absolute atomic E-state index is 0.00789. The van der Waals surface area contributed by atoms with Crippen molar-refractivity contribution >= 4 is 5.91 Å². The second-order valence-corrected chi connectivity index (χ2v) is 6.40. The second kappa shape index (κ2) is 7.08. The van der Waals surface area contributed by atoms with E-state index >= 15 is 0 Å². The van der Waals surface area contributed by atoms with E-state index in [1.165, 1.54) is 0 Å². The number of amides is 1. The van der Waals surface area contributed by atoms with Crippen LogP contribution in [0.25, 0.3) is 0 Å². The van der Waals surface area contributed by atoms with E-state index < -0.39 is 12.0 Å². The number of carbonyl (C=O) groups excluding carboxylic acids is 1. The standard InChI is InChI=1S/C15H21F3N4O2/c16-15(17,18)14-19-12(24-20-14)10-22-7-2-1-4-11(22)6-9-21-8-3-5-13(21)23/h11H,1-10H2. The highest BCUT2D eigenvalue weighted by Gasteiger charge is 2.37. The zero-order valence-electron chi connectivity index (χ0n) is 13.4. The monoisotopic (exact) mass is 346 g/mol. The van der Waals surface area contributed by atoms with Crippen molar-refractivity contribution in [3.05, 3.63) is 11.7 Å². The van der Waals surface area contributed by atoms with Gasteiger partial charge in [-0.25, -0.2) is 0 Å². The van der Waals surface area contributed by atoms with E-state index in [-0.39, 0.29) is 24.4 Å². The van der Waals surface area contributed by atoms with Gasteiger partial charge in [0.2, 0.25) is 11.8 Å². The third-order valence-electron chi connectivity index (χ3n) is 4.71. The molecule has 1 amide bonds. The minimum Gasteiger partial charge on any atom is -0.343 e. The Balaban J connectivity index is 1.58. The van der Waals surface area contributed by atoms with Crippen LogP contribution in [0.1, 0.15) is 50.2 Å². The molecule has 3 heterocycles. The number of alkyl halides is 3. The summed E-state index contributed by atoms with van der Waals surface area (Å²) in [6, 6.07) is 0.230. The van der Waals surface area contributed by atoms with Gasteiger partial charge >= 0.3 is 6.18 Å². The van der Waals surface area contributed by atoms with E-state index in [9.17, 15) is 18.0 Å². The number of hydrogen-bond acceptors (Lipinski definition) is 5. The summed E-state index contributed by atoms with van der Waals surface area (Å²) < 4.78 is 42.4. The number of likely N-dealkylation sites (tertiary alicyclic amines) is 2. The minimum atomic E-state index is -4.58. The zero-order chi connectivity index (χ0) is 17.2. The summed E-state index contributed by atoms with van der Waals surface area (Å²) in [4.78, 5) is 19.1. The summed E-state index contributed by atoms with van der Waals surface area (Å²) in [6.45, 7) is 2.53. The van der Waals surface area contributed by atoms with Crippen LogP contribution in [0.5, 0.6) is 0 Å². The first-order chi connectivity index (χ1) is 11.4. The summed E-state index contributed by atoms with van der Waals surface area (Å²) in [7, 11) is 0. The molecule has 0 aromatic carbocycles. The number of nitrogens with zero attached hydrogens (tertiary/aromatic N) is 4. The molecule has 2 aliphatic heterocycles. The van der Waals surface area contributed by atoms with Gasteiger partial charge in [0, 0.05) is 25.6 Å². The molecule has 2 saturated heterocycles. The van der Waals surface area contributed by atoms with Gasteiger partial charge < -0.3 is 9.42 Å². The van der Waals surface area contributed by atoms with Crippen LogP contribution in [0.15, 0.2) is 4.52 Å². The number of hydrogen-bond donors (Lipinski definition) is 0. The lowest BCUT2D eigenvalue weighted by atomic mass is 9.99. The summed E-state index contributed by atoms with van der Waals surface area (Å²) in [5, 5.41) is 3.01. The Labute approximate surface area is 138 Å². The molecule has 6 nitrogen and oxygen atoms in total. The van der Waals surface area contributed by atoms with Gasteiger partial charge in [0.05, 0.1) is 6.54 Å². The molecule has 2 fully saturated rings. The highest BCUT2D eigenvalue weighted by molar-refractivity contribution is 5.77. The molecular weight excluding hydrogens is 325 g/mol. The Kier molecular flexibility index (Phi) is 5.07. The van der Waals surface area contributed by atoms with E-state index in [1.54, 1.807) is 0 Å². The van der Waals surface area contributed by atoms with Crippen molar-refractivity contribution in [2.75, 3.05) is 19.6 Å². The Hall–Kier alpha value is -1.64. The number of rotatable bonds is 5. The molecule has 1 unspecified atom stereocenters. The quantitative estimate of drug-likeness (QED) is 0.820. The molecule has 1 aromatic heterocycles. The first-order valence-corrected chi connectivity index (χ1v) is 8.35. The lowest BCUT2D eigenvalue weighted by Crippen LogP contribution is -2.41. The summed E-state index contributed by atoms with van der Waals surface area (Å²) in [5.41, 5.74) is 0. The average Bonchev–Trinajstić information content (AvgIpc) is 3.15. The summed E-state index contributed by atoms with van der Waals surface area (Å²) in [5.74, 6) is -1.04. The number of carbonyl (C=O) groups is 1. The van der Waals surface area contributed by atoms with Gasteiger partial charge in [0.1, 0.15) is 0 Å². The normalized spacial score (nSPS) is 23.2. The van der Waals surface area contributed by atoms with Gasteiger partial charge in [-0.15, -0.1) is 0 Å². The predicted molar refractivity (Wildman–Crippen MR) is 77.8 cm³/mol. The molecule has 9 heteroatoms. The van der Waals surface area contributed by atoms with Crippen LogP contribution in [0.3, 0.4) is 0 Å². The van der Waals surface area contributed by atoms with Gasteiger partial charge in [-0.05, 0) is 32.2 Å². The van der Waals surface area contributed by atoms with Gasteiger partial charge in [-0.1, -0.05) is 11.6 Å². The highest BCUT2D eigenvalue weighted by Crippen LogP contribution is 2.27. The maximum atomic E-state index is 12.6. The maximum absolute atomic E-state index is 12.6. The molecular formula is C15H21F3N4O2. The van der Waals surface area contributed by atoms with Gasteiger partial charge in [0.25, 0.3) is 5.82 Å². The van der Waals surface area contributed by atoms with Crippen LogP contribution in [0, 0.1) is 0 Å². The predicted octanol–water partition coefficient (Wildman–Crippen LogP) is 2.46. The topological polar surface area (TPSA) is 62.5 Å². The van der Waals surface area contributed by atoms with E-state index in [1.807, 2.05) is 4.90 Å². The summed E-state index contributed by atoms with van der Waals surface area (Å²) >= 11 is 0. The molecule has 0 radical (unpaired) electrons. The van der Waals surface area contributed by atoms with Crippen LogP contribution >= 0.6 is 0 Å². The van der Waals surface area contributed by atoms with Crippen molar-refractivity contribution in [2.24, 2.45) is 0 Å². The average molecular weight is 346 g/mol. The van der Waals surface area contributed by atoms with Gasteiger partial charge in [0.15, 0.2) is 0 Å². The Morgan fingerprint density at radius 1 is 1.21 bits per heavy atom. The van der Waals surface area contributed by atoms with Gasteiger partial charge in [-0.3, -0.25) is 9.69 Å². The van der Waals surface area contributed by atoms with E-state index in [0.29, 0.717) is 13.0 Å². The van der Waals surface area contributed by atoms with Crippen LogP contribution < -0.4 is 0 Å². The van der Waals surface area contributed by atoms with Crippen LogP contribution in [0.2, 0.25) is 0 Å². The lowest BCUT2D eigenvalue weighted by Gasteiger charge is -2.35. The van der Waals surface area contributed by atoms with Gasteiger partial charge in [-0.2, -0.15) is 18.2 Å². The Morgan fingerprint density at radius 3 is 2.71 bits per heavy atom. The van der Waals surface area contributed by atoms with Crippen molar-refractivity contribution in [2.45, 2.75) is 57.3 Å². The second-order valence-electron chi connectivity index (χ2n) is 6.40. The molecule has 1 atom stereocenters. The summed E-state index contributed by atoms with van der Waals surface area (Å²) in [6.07, 6.45) is 0.839. The molecule has 0 bridgehead atoms. The van der Waals surface area contributed by atoms with Crippen molar-refractivity contribution in [1.82, 2.24) is 19.9 Å². The molecule has 0 saturated carbocycles. The largest absolute Gasteiger partial charge is 0.455 e. The van der Waals surface area contributed by atoms with Crippen molar-refractivity contribution in [3.63, 3.8) is 0 Å². The van der Waals surface area contributed by atoms with Crippen molar-refractivity contribution in [3.8, 4) is 0 Å². The Morgan fingerprint density at radius 2 is 2.04 bits per heavy atom. The smallest absolute Gasteiger partial charge is 0.343 e. The maximum Gasteiger partial charge on any atom is 0.455 e. The molecule has 0 spiro atoms. The first kappa shape index (κ1) is 17.2. The molecule has 24 heavy (non-hydrogen) atoms. The third-order valence-corrected chi connectivity index (χ3v) is 4.71. The van der Waals surface area contributed by atoms with Crippen LogP contribution in [-0.4, -0.2) is 51.5 Å². The van der Waals surface area contributed by atoms with Crippen LogP contribution in [0.4, 0.5) is 13.2 Å². The van der Waals surface area contributed by atoms with Crippen molar-refractivity contribution in [1.29, 1.82) is 0 Å².